The van der Waals surface area contributed by atoms with E-state index in [0.29, 0.717) is 0 Å². The van der Waals surface area contributed by atoms with Gasteiger partial charge in [-0.25, -0.2) is 4.79 Å². The SMILES string of the molecule is C#CC(C)(C)N1CCN(C)C1=O. The topological polar surface area (TPSA) is 23.6 Å². The van der Waals surface area contributed by atoms with Gasteiger partial charge in [-0.3, -0.25) is 0 Å². The lowest BCUT2D eigenvalue weighted by molar-refractivity contribution is 0.174. The average Bonchev–Trinajstić information content (AvgIpc) is 2.33. The van der Waals surface area contributed by atoms with Gasteiger partial charge in [0.2, 0.25) is 0 Å². The van der Waals surface area contributed by atoms with E-state index in [2.05, 4.69) is 5.92 Å². The highest BCUT2D eigenvalue weighted by atomic mass is 16.2. The second kappa shape index (κ2) is 2.71. The molecule has 0 N–H and O–H groups in total. The van der Waals surface area contributed by atoms with Crippen LogP contribution in [0.2, 0.25) is 0 Å². The van der Waals surface area contributed by atoms with Gasteiger partial charge in [-0.1, -0.05) is 5.92 Å². The van der Waals surface area contributed by atoms with Crippen molar-refractivity contribution < 1.29 is 4.79 Å². The van der Waals surface area contributed by atoms with Crippen molar-refractivity contribution in [2.45, 2.75) is 19.4 Å². The summed E-state index contributed by atoms with van der Waals surface area (Å²) in [6, 6.07) is 0.0259. The van der Waals surface area contributed by atoms with Crippen LogP contribution in [0.25, 0.3) is 0 Å². The Morgan fingerprint density at radius 3 is 2.42 bits per heavy atom. The molecule has 1 aliphatic rings. The second-order valence-electron chi connectivity index (χ2n) is 3.56. The normalized spacial score (nSPS) is 18.3. The van der Waals surface area contributed by atoms with Gasteiger partial charge in [0.15, 0.2) is 0 Å². The Morgan fingerprint density at radius 1 is 1.50 bits per heavy atom. The van der Waals surface area contributed by atoms with Gasteiger partial charge in [0.25, 0.3) is 0 Å². The molecule has 1 heterocycles. The molecule has 0 aromatic carbocycles. The van der Waals surface area contributed by atoms with Gasteiger partial charge in [0.1, 0.15) is 0 Å². The highest BCUT2D eigenvalue weighted by molar-refractivity contribution is 5.77. The summed E-state index contributed by atoms with van der Waals surface area (Å²) in [7, 11) is 1.79. The van der Waals surface area contributed by atoms with Crippen LogP contribution < -0.4 is 0 Å². The van der Waals surface area contributed by atoms with Gasteiger partial charge in [0, 0.05) is 20.1 Å². The van der Waals surface area contributed by atoms with Gasteiger partial charge in [0.05, 0.1) is 5.54 Å². The smallest absolute Gasteiger partial charge is 0.321 e. The summed E-state index contributed by atoms with van der Waals surface area (Å²) < 4.78 is 0. The van der Waals surface area contributed by atoms with Crippen LogP contribution in [-0.4, -0.2) is 41.5 Å². The summed E-state index contributed by atoms with van der Waals surface area (Å²) in [5.74, 6) is 2.61. The monoisotopic (exact) mass is 166 g/mol. The molecular formula is C9H14N2O. The third kappa shape index (κ3) is 1.25. The number of terminal acetylenes is 1. The zero-order chi connectivity index (χ0) is 9.35. The molecule has 0 unspecified atom stereocenters. The Morgan fingerprint density at radius 2 is 2.08 bits per heavy atom. The predicted octanol–water partition coefficient (Wildman–Crippen LogP) is 0.766. The van der Waals surface area contributed by atoms with Crippen LogP contribution >= 0.6 is 0 Å². The summed E-state index contributed by atoms with van der Waals surface area (Å²) in [6.07, 6.45) is 5.33. The standard InChI is InChI=1S/C9H14N2O/c1-5-9(2,3)11-7-6-10(4)8(11)12/h1H,6-7H2,2-4H3. The van der Waals surface area contributed by atoms with Crippen molar-refractivity contribution >= 4 is 6.03 Å². The molecule has 0 aromatic rings. The zero-order valence-corrected chi connectivity index (χ0v) is 7.79. The molecular weight excluding hydrogens is 152 g/mol. The zero-order valence-electron chi connectivity index (χ0n) is 7.79. The molecule has 3 heteroatoms. The molecule has 1 rings (SSSR count). The van der Waals surface area contributed by atoms with E-state index in [4.69, 9.17) is 6.42 Å². The Bertz CT molecular complexity index is 239. The first-order valence-electron chi connectivity index (χ1n) is 3.99. The summed E-state index contributed by atoms with van der Waals surface area (Å²) >= 11 is 0. The predicted molar refractivity (Wildman–Crippen MR) is 47.6 cm³/mol. The number of likely N-dealkylation sites (N-methyl/N-ethyl adjacent to an activating group) is 1. The summed E-state index contributed by atoms with van der Waals surface area (Å²) in [6.45, 7) is 5.25. The van der Waals surface area contributed by atoms with E-state index >= 15 is 0 Å². The molecule has 1 saturated heterocycles. The molecule has 0 aromatic heterocycles. The first-order chi connectivity index (χ1) is 5.49. The number of carbonyl (C=O) groups is 1. The Hall–Kier alpha value is -1.17. The fraction of sp³-hybridized carbons (Fsp3) is 0.667. The molecule has 0 spiro atoms. The second-order valence-corrected chi connectivity index (χ2v) is 3.56. The van der Waals surface area contributed by atoms with E-state index < -0.39 is 5.54 Å². The summed E-state index contributed by atoms with van der Waals surface area (Å²) in [5, 5.41) is 0. The lowest BCUT2D eigenvalue weighted by Gasteiger charge is -2.29. The minimum atomic E-state index is -0.457. The number of hydrogen-bond acceptors (Lipinski definition) is 1. The molecule has 1 aliphatic heterocycles. The number of rotatable bonds is 1. The maximum absolute atomic E-state index is 11.5. The molecule has 66 valence electrons. The molecule has 1 fully saturated rings. The lowest BCUT2D eigenvalue weighted by Crippen LogP contribution is -2.44. The van der Waals surface area contributed by atoms with Crippen LogP contribution in [-0.2, 0) is 0 Å². The van der Waals surface area contributed by atoms with Crippen LogP contribution in [0.15, 0.2) is 0 Å². The number of nitrogens with zero attached hydrogens (tertiary/aromatic N) is 2. The number of carbonyl (C=O) groups excluding carboxylic acids is 1. The van der Waals surface area contributed by atoms with Crippen molar-refractivity contribution in [2.75, 3.05) is 20.1 Å². The number of urea groups is 1. The molecule has 12 heavy (non-hydrogen) atoms. The van der Waals surface area contributed by atoms with E-state index in [1.54, 1.807) is 16.8 Å². The van der Waals surface area contributed by atoms with Crippen molar-refractivity contribution in [3.8, 4) is 12.3 Å². The quantitative estimate of drug-likeness (QED) is 0.528. The Kier molecular flexibility index (Phi) is 2.01. The van der Waals surface area contributed by atoms with E-state index in [1.165, 1.54) is 0 Å². The molecule has 2 amide bonds. The maximum Gasteiger partial charge on any atom is 0.321 e. The third-order valence-corrected chi connectivity index (χ3v) is 2.24. The average molecular weight is 166 g/mol. The molecule has 3 nitrogen and oxygen atoms in total. The van der Waals surface area contributed by atoms with E-state index in [9.17, 15) is 4.79 Å². The Labute approximate surface area is 73.3 Å². The first-order valence-corrected chi connectivity index (χ1v) is 3.99. The number of hydrogen-bond donors (Lipinski definition) is 0. The van der Waals surface area contributed by atoms with Crippen LogP contribution in [0, 0.1) is 12.3 Å². The number of amides is 2. The minimum absolute atomic E-state index is 0.0259. The van der Waals surface area contributed by atoms with E-state index in [0.717, 1.165) is 13.1 Å². The van der Waals surface area contributed by atoms with E-state index in [1.807, 2.05) is 13.8 Å². The largest absolute Gasteiger partial charge is 0.326 e. The molecule has 0 bridgehead atoms. The molecule has 0 saturated carbocycles. The fourth-order valence-corrected chi connectivity index (χ4v) is 1.24. The van der Waals surface area contributed by atoms with Crippen molar-refractivity contribution in [3.05, 3.63) is 0 Å². The van der Waals surface area contributed by atoms with Crippen molar-refractivity contribution in [2.24, 2.45) is 0 Å². The first kappa shape index (κ1) is 8.92. The highest BCUT2D eigenvalue weighted by Crippen LogP contribution is 2.18. The summed E-state index contributed by atoms with van der Waals surface area (Å²) in [5.41, 5.74) is -0.457. The van der Waals surface area contributed by atoms with Crippen LogP contribution in [0.3, 0.4) is 0 Å². The van der Waals surface area contributed by atoms with Crippen LogP contribution in [0.4, 0.5) is 4.79 Å². The van der Waals surface area contributed by atoms with Gasteiger partial charge in [-0.05, 0) is 13.8 Å². The van der Waals surface area contributed by atoms with Gasteiger partial charge in [-0.2, -0.15) is 0 Å². The fourth-order valence-electron chi connectivity index (χ4n) is 1.24. The molecule has 0 radical (unpaired) electrons. The van der Waals surface area contributed by atoms with E-state index in [-0.39, 0.29) is 6.03 Å². The van der Waals surface area contributed by atoms with Gasteiger partial charge < -0.3 is 9.80 Å². The van der Waals surface area contributed by atoms with Gasteiger partial charge in [-0.15, -0.1) is 6.42 Å². The van der Waals surface area contributed by atoms with Crippen molar-refractivity contribution in [3.63, 3.8) is 0 Å². The Balaban J connectivity index is 2.80. The molecule has 0 atom stereocenters. The van der Waals surface area contributed by atoms with Gasteiger partial charge >= 0.3 is 6.03 Å². The van der Waals surface area contributed by atoms with Crippen LogP contribution in [0.1, 0.15) is 13.8 Å². The summed E-state index contributed by atoms with van der Waals surface area (Å²) in [4.78, 5) is 14.9. The van der Waals surface area contributed by atoms with Crippen LogP contribution in [0.5, 0.6) is 0 Å². The highest BCUT2D eigenvalue weighted by Gasteiger charge is 2.35. The van der Waals surface area contributed by atoms with Crippen molar-refractivity contribution in [1.29, 1.82) is 0 Å². The molecule has 0 aliphatic carbocycles. The third-order valence-electron chi connectivity index (χ3n) is 2.24. The van der Waals surface area contributed by atoms with Crippen molar-refractivity contribution in [1.82, 2.24) is 9.80 Å². The maximum atomic E-state index is 11.5. The lowest BCUT2D eigenvalue weighted by atomic mass is 10.1. The minimum Gasteiger partial charge on any atom is -0.326 e.